The predicted molar refractivity (Wildman–Crippen MR) is 107 cm³/mol. The summed E-state index contributed by atoms with van der Waals surface area (Å²) in [5.74, 6) is -0.764. The van der Waals surface area contributed by atoms with E-state index in [-0.39, 0.29) is 22.5 Å². The maximum atomic E-state index is 13.1. The summed E-state index contributed by atoms with van der Waals surface area (Å²) in [7, 11) is 1.17. The van der Waals surface area contributed by atoms with Crippen LogP contribution in [0.25, 0.3) is 22.6 Å². The molecule has 2 heterocycles. The van der Waals surface area contributed by atoms with Crippen molar-refractivity contribution >= 4 is 5.97 Å². The van der Waals surface area contributed by atoms with Gasteiger partial charge in [0.1, 0.15) is 11.3 Å². The molecule has 0 saturated carbocycles. The Morgan fingerprint density at radius 1 is 1.03 bits per heavy atom. The van der Waals surface area contributed by atoms with Gasteiger partial charge in [0.25, 0.3) is 5.56 Å². The molecule has 0 aliphatic carbocycles. The van der Waals surface area contributed by atoms with E-state index in [1.807, 2.05) is 13.0 Å². The molecule has 4 rings (SSSR count). The number of methoxy groups -OCH3 is 1. The van der Waals surface area contributed by atoms with Gasteiger partial charge in [-0.2, -0.15) is 23.0 Å². The van der Waals surface area contributed by atoms with Crippen LogP contribution in [0.1, 0.15) is 21.5 Å². The third-order valence-corrected chi connectivity index (χ3v) is 4.79. The van der Waals surface area contributed by atoms with Gasteiger partial charge < -0.3 is 9.30 Å². The highest BCUT2D eigenvalue weighted by atomic mass is 19.4. The maximum absolute atomic E-state index is 13.1. The molecule has 158 valence electrons. The number of nitrogens with zero attached hydrogens (tertiary/aromatic N) is 3. The largest absolute Gasteiger partial charge is 0.465 e. The molecule has 0 amide bonds. The van der Waals surface area contributed by atoms with Crippen molar-refractivity contribution in [3.05, 3.63) is 88.0 Å². The number of esters is 1. The van der Waals surface area contributed by atoms with Crippen LogP contribution in [-0.4, -0.2) is 27.4 Å². The maximum Gasteiger partial charge on any atom is 0.416 e. The first-order chi connectivity index (χ1) is 14.7. The highest BCUT2D eigenvalue weighted by Gasteiger charge is 2.31. The van der Waals surface area contributed by atoms with Crippen molar-refractivity contribution in [3.8, 4) is 22.6 Å². The van der Waals surface area contributed by atoms with E-state index in [9.17, 15) is 22.8 Å². The molecule has 0 atom stereocenters. The Hall–Kier alpha value is -3.88. The number of aromatic nitrogens is 3. The summed E-state index contributed by atoms with van der Waals surface area (Å²) < 4.78 is 46.7. The summed E-state index contributed by atoms with van der Waals surface area (Å²) in [6.45, 7) is 1.86. The van der Waals surface area contributed by atoms with Crippen molar-refractivity contribution in [2.75, 3.05) is 7.11 Å². The van der Waals surface area contributed by atoms with E-state index >= 15 is 0 Å². The predicted octanol–water partition coefficient (Wildman–Crippen LogP) is 4.24. The Kier molecular flexibility index (Phi) is 4.88. The number of halogens is 3. The molecule has 0 radical (unpaired) electrons. The first kappa shape index (κ1) is 20.4. The summed E-state index contributed by atoms with van der Waals surface area (Å²) in [6, 6.07) is 11.6. The molecule has 2 aliphatic heterocycles. The zero-order valence-electron chi connectivity index (χ0n) is 16.5. The smallest absolute Gasteiger partial charge is 0.416 e. The van der Waals surface area contributed by atoms with Gasteiger partial charge in [-0.05, 0) is 42.8 Å². The van der Waals surface area contributed by atoms with E-state index in [0.29, 0.717) is 5.69 Å². The molecule has 2 aromatic rings. The number of aryl methyl sites for hydroxylation is 1. The number of alkyl halides is 3. The minimum atomic E-state index is -4.54. The molecule has 2 aliphatic rings. The molecule has 0 unspecified atom stereocenters. The Morgan fingerprint density at radius 2 is 1.74 bits per heavy atom. The lowest BCUT2D eigenvalue weighted by atomic mass is 10.1. The van der Waals surface area contributed by atoms with E-state index in [4.69, 9.17) is 4.74 Å². The van der Waals surface area contributed by atoms with Crippen LogP contribution in [0.15, 0.2) is 65.7 Å². The van der Waals surface area contributed by atoms with Crippen LogP contribution >= 0.6 is 0 Å². The van der Waals surface area contributed by atoms with Gasteiger partial charge in [0.2, 0.25) is 0 Å². The molecular formula is C22H16F3N3O3. The molecular weight excluding hydrogens is 411 g/mol. The fourth-order valence-corrected chi connectivity index (χ4v) is 3.29. The van der Waals surface area contributed by atoms with Gasteiger partial charge in [0.15, 0.2) is 0 Å². The van der Waals surface area contributed by atoms with E-state index in [1.54, 1.807) is 18.2 Å². The molecule has 0 saturated heterocycles. The van der Waals surface area contributed by atoms with Gasteiger partial charge in [0, 0.05) is 18.1 Å². The molecule has 0 bridgehead atoms. The number of carbonyl (C=O) groups is 1. The number of hydrogen-bond acceptors (Lipinski definition) is 4. The van der Waals surface area contributed by atoms with Crippen LogP contribution in [0.3, 0.4) is 0 Å². The number of hydrogen-bond donors (Lipinski definition) is 0. The van der Waals surface area contributed by atoms with Gasteiger partial charge in [-0.15, -0.1) is 0 Å². The van der Waals surface area contributed by atoms with Crippen molar-refractivity contribution in [2.24, 2.45) is 0 Å². The number of pyridine rings is 1. The summed E-state index contributed by atoms with van der Waals surface area (Å²) in [5, 5.41) is 4.29. The number of rotatable bonds is 3. The minimum absolute atomic E-state index is 0.0408. The zero-order valence-corrected chi connectivity index (χ0v) is 16.5. The Labute approximate surface area is 174 Å². The van der Waals surface area contributed by atoms with Crippen LogP contribution in [-0.2, 0) is 10.9 Å². The van der Waals surface area contributed by atoms with Crippen LogP contribution in [0, 0.1) is 6.92 Å². The van der Waals surface area contributed by atoms with Crippen LogP contribution in [0.2, 0.25) is 0 Å². The average molecular weight is 427 g/mol. The van der Waals surface area contributed by atoms with Gasteiger partial charge in [0.05, 0.1) is 23.9 Å². The second kappa shape index (κ2) is 7.42. The molecule has 0 spiro atoms. The topological polar surface area (TPSA) is 66.1 Å². The van der Waals surface area contributed by atoms with Gasteiger partial charge >= 0.3 is 12.1 Å². The number of carbonyl (C=O) groups excluding carboxylic acids is 1. The second-order valence-corrected chi connectivity index (χ2v) is 6.94. The standard InChI is InChI=1S/C22H16F3N3O3/c1-13-5-3-8-16(9-13)28-20(29)17-11-27(12-18(19(17)26-28)21(30)31-2)15-7-4-6-14(10-15)22(23,24)25/h3-12H,1-2H3. The quantitative estimate of drug-likeness (QED) is 0.459. The van der Waals surface area contributed by atoms with E-state index in [0.717, 1.165) is 22.4 Å². The summed E-state index contributed by atoms with van der Waals surface area (Å²) in [4.78, 5) is 25.4. The Bertz CT molecular complexity index is 1320. The molecule has 0 N–H and O–H groups in total. The lowest BCUT2D eigenvalue weighted by Gasteiger charge is -2.13. The highest BCUT2D eigenvalue weighted by molar-refractivity contribution is 5.96. The van der Waals surface area contributed by atoms with Gasteiger partial charge in [-0.1, -0.05) is 18.2 Å². The number of ether oxygens (including phenoxy) is 1. The van der Waals surface area contributed by atoms with Crippen LogP contribution in [0.5, 0.6) is 0 Å². The third kappa shape index (κ3) is 3.70. The first-order valence-electron chi connectivity index (χ1n) is 9.17. The van der Waals surface area contributed by atoms with Crippen molar-refractivity contribution in [1.82, 2.24) is 14.3 Å². The third-order valence-electron chi connectivity index (χ3n) is 4.79. The van der Waals surface area contributed by atoms with E-state index in [1.165, 1.54) is 36.2 Å². The van der Waals surface area contributed by atoms with Crippen LogP contribution < -0.4 is 5.56 Å². The van der Waals surface area contributed by atoms with Crippen LogP contribution in [0.4, 0.5) is 13.2 Å². The number of fused-ring (bicyclic) bond motifs is 1. The van der Waals surface area contributed by atoms with Crippen molar-refractivity contribution in [2.45, 2.75) is 13.1 Å². The lowest BCUT2D eigenvalue weighted by molar-refractivity contribution is -0.137. The molecule has 9 heteroatoms. The first-order valence-corrected chi connectivity index (χ1v) is 9.17. The summed E-state index contributed by atoms with van der Waals surface area (Å²) >= 11 is 0. The van der Waals surface area contributed by atoms with E-state index < -0.39 is 23.3 Å². The molecule has 0 aromatic heterocycles. The van der Waals surface area contributed by atoms with E-state index in [2.05, 4.69) is 5.10 Å². The minimum Gasteiger partial charge on any atom is -0.465 e. The Morgan fingerprint density at radius 3 is 2.42 bits per heavy atom. The number of benzene rings is 2. The van der Waals surface area contributed by atoms with Gasteiger partial charge in [-0.3, -0.25) is 4.79 Å². The normalized spacial score (nSPS) is 11.6. The molecule has 0 fully saturated rings. The van der Waals surface area contributed by atoms with Crippen molar-refractivity contribution < 1.29 is 22.7 Å². The lowest BCUT2D eigenvalue weighted by Crippen LogP contribution is -2.15. The SMILES string of the molecule is COC(=O)c1cn(-c2cccc(C(F)(F)F)c2)cc2c(=O)n(-c3cccc(C)c3)nc1-2. The van der Waals surface area contributed by atoms with Crippen molar-refractivity contribution in [3.63, 3.8) is 0 Å². The van der Waals surface area contributed by atoms with Crippen molar-refractivity contribution in [1.29, 1.82) is 0 Å². The second-order valence-electron chi connectivity index (χ2n) is 6.94. The Balaban J connectivity index is 1.98. The fourth-order valence-electron chi connectivity index (χ4n) is 3.29. The average Bonchev–Trinajstić information content (AvgIpc) is 3.08. The molecule has 31 heavy (non-hydrogen) atoms. The fraction of sp³-hybridized carbons (Fsp3) is 0.136. The summed E-state index contributed by atoms with van der Waals surface area (Å²) in [5.41, 5.74) is 0.308. The molecule has 6 nitrogen and oxygen atoms in total. The monoisotopic (exact) mass is 427 g/mol. The zero-order chi connectivity index (χ0) is 22.3. The molecule has 2 aromatic carbocycles. The summed E-state index contributed by atoms with van der Waals surface area (Å²) in [6.07, 6.45) is -1.87. The van der Waals surface area contributed by atoms with Gasteiger partial charge in [-0.25, -0.2) is 4.79 Å². The highest BCUT2D eigenvalue weighted by Crippen LogP contribution is 2.31.